The van der Waals surface area contributed by atoms with Crippen LogP contribution in [0.15, 0.2) is 61.1 Å². The van der Waals surface area contributed by atoms with Crippen molar-refractivity contribution in [3.8, 4) is 11.5 Å². The quantitative estimate of drug-likeness (QED) is 0.650. The molecule has 1 aromatic carbocycles. The lowest BCUT2D eigenvalue weighted by molar-refractivity contribution is 0.174. The monoisotopic (exact) mass is 406 g/mol. The molecule has 0 aliphatic carbocycles. The van der Waals surface area contributed by atoms with Crippen LogP contribution >= 0.6 is 12.2 Å². The number of nitrogens with zero attached hydrogens (tertiary/aromatic N) is 3. The first kappa shape index (κ1) is 18.0. The van der Waals surface area contributed by atoms with Crippen molar-refractivity contribution in [1.29, 1.82) is 0 Å². The second-order valence-corrected chi connectivity index (χ2v) is 7.91. The number of nitrogens with one attached hydrogen (secondary N) is 1. The number of rotatable bonds is 4. The summed E-state index contributed by atoms with van der Waals surface area (Å²) >= 11 is 5.77. The van der Waals surface area contributed by atoms with E-state index >= 15 is 0 Å². The topological polar surface area (TPSA) is 51.6 Å². The first-order valence-electron chi connectivity index (χ1n) is 9.69. The molecule has 0 spiro atoms. The summed E-state index contributed by atoms with van der Waals surface area (Å²) in [5.41, 5.74) is 3.10. The third-order valence-electron chi connectivity index (χ3n) is 5.41. The highest BCUT2D eigenvalue weighted by atomic mass is 32.1. The van der Waals surface area contributed by atoms with Crippen molar-refractivity contribution < 1.29 is 9.47 Å². The summed E-state index contributed by atoms with van der Waals surface area (Å²) in [5.74, 6) is 1.50. The molecule has 0 radical (unpaired) electrons. The van der Waals surface area contributed by atoms with Crippen LogP contribution in [0.4, 0.5) is 5.69 Å². The summed E-state index contributed by atoms with van der Waals surface area (Å²) in [7, 11) is 0. The van der Waals surface area contributed by atoms with Crippen LogP contribution in [-0.4, -0.2) is 21.5 Å². The zero-order valence-corrected chi connectivity index (χ0v) is 17.1. The Balaban J connectivity index is 1.60. The third kappa shape index (κ3) is 3.11. The SMILES string of the molecule is CC(C)n1ccc([C@H]2[C@@H](c3ccccn3)NC(=S)N2c2ccc3c(c2)OCO3)c1. The molecule has 2 aliphatic heterocycles. The summed E-state index contributed by atoms with van der Waals surface area (Å²) in [6.07, 6.45) is 6.13. The molecule has 29 heavy (non-hydrogen) atoms. The van der Waals surface area contributed by atoms with E-state index in [0.29, 0.717) is 11.2 Å². The number of aromatic nitrogens is 2. The number of fused-ring (bicyclic) bond motifs is 1. The number of hydrogen-bond acceptors (Lipinski definition) is 4. The summed E-state index contributed by atoms with van der Waals surface area (Å²) in [6, 6.07) is 14.4. The molecule has 1 saturated heterocycles. The molecule has 6 nitrogen and oxygen atoms in total. The normalized spacial score (nSPS) is 20.4. The van der Waals surface area contributed by atoms with Crippen LogP contribution in [0.5, 0.6) is 11.5 Å². The van der Waals surface area contributed by atoms with Crippen LogP contribution < -0.4 is 19.7 Å². The standard InChI is InChI=1S/C22H22N4O2S/c1-14(2)25-10-8-15(12-25)21-20(17-5-3-4-9-23-17)24-22(29)26(21)16-6-7-18-19(11-16)28-13-27-18/h3-12,14,20-21H,13H2,1-2H3,(H,24,29)/t20-,21+/m1/s1. The van der Waals surface area contributed by atoms with Gasteiger partial charge >= 0.3 is 0 Å². The lowest BCUT2D eigenvalue weighted by Crippen LogP contribution is -2.29. The Morgan fingerprint density at radius 1 is 1.14 bits per heavy atom. The molecule has 0 bridgehead atoms. The Labute approximate surface area is 175 Å². The van der Waals surface area contributed by atoms with Gasteiger partial charge in [0.25, 0.3) is 0 Å². The molecular formula is C22H22N4O2S. The van der Waals surface area contributed by atoms with Gasteiger partial charge in [-0.25, -0.2) is 0 Å². The van der Waals surface area contributed by atoms with Crippen molar-refractivity contribution in [3.63, 3.8) is 0 Å². The van der Waals surface area contributed by atoms with E-state index in [2.05, 4.69) is 52.1 Å². The molecule has 7 heteroatoms. The highest BCUT2D eigenvalue weighted by Crippen LogP contribution is 2.44. The van der Waals surface area contributed by atoms with Crippen LogP contribution in [0, 0.1) is 0 Å². The van der Waals surface area contributed by atoms with E-state index in [1.807, 2.05) is 42.6 Å². The zero-order valence-electron chi connectivity index (χ0n) is 16.3. The van der Waals surface area contributed by atoms with Crippen LogP contribution in [0.25, 0.3) is 0 Å². The molecule has 0 unspecified atom stereocenters. The van der Waals surface area contributed by atoms with E-state index in [4.69, 9.17) is 21.7 Å². The van der Waals surface area contributed by atoms with Crippen LogP contribution in [0.3, 0.4) is 0 Å². The molecule has 148 valence electrons. The fraction of sp³-hybridized carbons (Fsp3) is 0.273. The first-order valence-corrected chi connectivity index (χ1v) is 10.1. The lowest BCUT2D eigenvalue weighted by atomic mass is 9.98. The molecule has 1 fully saturated rings. The summed E-state index contributed by atoms with van der Waals surface area (Å²) < 4.78 is 13.3. The summed E-state index contributed by atoms with van der Waals surface area (Å²) in [4.78, 5) is 6.75. The number of ether oxygens (including phenoxy) is 2. The van der Waals surface area contributed by atoms with E-state index < -0.39 is 0 Å². The molecule has 2 atom stereocenters. The van der Waals surface area contributed by atoms with E-state index in [1.165, 1.54) is 5.56 Å². The molecule has 1 N–H and O–H groups in total. The van der Waals surface area contributed by atoms with Gasteiger partial charge in [0.2, 0.25) is 6.79 Å². The van der Waals surface area contributed by atoms with Gasteiger partial charge in [-0.3, -0.25) is 4.98 Å². The van der Waals surface area contributed by atoms with Crippen molar-refractivity contribution in [3.05, 3.63) is 72.3 Å². The van der Waals surface area contributed by atoms with Crippen molar-refractivity contribution >= 4 is 23.0 Å². The van der Waals surface area contributed by atoms with Crippen LogP contribution in [0.1, 0.15) is 43.2 Å². The van der Waals surface area contributed by atoms with E-state index in [0.717, 1.165) is 22.9 Å². The molecule has 0 amide bonds. The maximum atomic E-state index is 5.77. The number of pyridine rings is 1. The maximum Gasteiger partial charge on any atom is 0.231 e. The minimum absolute atomic E-state index is 0.0298. The molecule has 2 aliphatic rings. The average molecular weight is 407 g/mol. The van der Waals surface area contributed by atoms with Crippen molar-refractivity contribution in [1.82, 2.24) is 14.9 Å². The van der Waals surface area contributed by atoms with Gasteiger partial charge in [0.15, 0.2) is 16.6 Å². The first-order chi connectivity index (χ1) is 14.1. The zero-order chi connectivity index (χ0) is 20.0. The molecule has 3 aromatic rings. The predicted molar refractivity (Wildman–Crippen MR) is 115 cm³/mol. The molecular weight excluding hydrogens is 384 g/mol. The Morgan fingerprint density at radius 2 is 2.00 bits per heavy atom. The maximum absolute atomic E-state index is 5.77. The summed E-state index contributed by atoms with van der Waals surface area (Å²) in [5, 5.41) is 4.16. The smallest absolute Gasteiger partial charge is 0.231 e. The molecule has 4 heterocycles. The van der Waals surface area contributed by atoms with Crippen molar-refractivity contribution in [2.24, 2.45) is 0 Å². The largest absolute Gasteiger partial charge is 0.454 e. The molecule has 0 saturated carbocycles. The fourth-order valence-electron chi connectivity index (χ4n) is 3.93. The highest BCUT2D eigenvalue weighted by Gasteiger charge is 2.41. The highest BCUT2D eigenvalue weighted by molar-refractivity contribution is 7.80. The summed E-state index contributed by atoms with van der Waals surface area (Å²) in [6.45, 7) is 4.60. The van der Waals surface area contributed by atoms with E-state index in [-0.39, 0.29) is 18.9 Å². The van der Waals surface area contributed by atoms with Crippen LogP contribution in [-0.2, 0) is 0 Å². The van der Waals surface area contributed by atoms with Gasteiger partial charge in [-0.05, 0) is 62.0 Å². The van der Waals surface area contributed by atoms with Crippen LogP contribution in [0.2, 0.25) is 0 Å². The lowest BCUT2D eigenvalue weighted by Gasteiger charge is -2.27. The van der Waals surface area contributed by atoms with Crippen molar-refractivity contribution in [2.45, 2.75) is 32.0 Å². The van der Waals surface area contributed by atoms with Gasteiger partial charge in [-0.1, -0.05) is 6.07 Å². The number of anilines is 1. The van der Waals surface area contributed by atoms with E-state index in [9.17, 15) is 0 Å². The van der Waals surface area contributed by atoms with Gasteiger partial charge in [0, 0.05) is 36.4 Å². The number of hydrogen-bond donors (Lipinski definition) is 1. The second kappa shape index (κ2) is 7.08. The predicted octanol–water partition coefficient (Wildman–Crippen LogP) is 4.37. The van der Waals surface area contributed by atoms with Gasteiger partial charge in [0.1, 0.15) is 0 Å². The Bertz CT molecular complexity index is 1050. The number of thiocarbonyl (C=S) groups is 1. The van der Waals surface area contributed by atoms with Gasteiger partial charge in [0.05, 0.1) is 17.8 Å². The average Bonchev–Trinajstić information content (AvgIpc) is 3.46. The molecule has 2 aromatic heterocycles. The molecule has 5 rings (SSSR count). The second-order valence-electron chi connectivity index (χ2n) is 7.52. The minimum atomic E-state index is -0.0582. The van der Waals surface area contributed by atoms with Gasteiger partial charge < -0.3 is 24.3 Å². The van der Waals surface area contributed by atoms with E-state index in [1.54, 1.807) is 0 Å². The fourth-order valence-corrected chi connectivity index (χ4v) is 4.28. The van der Waals surface area contributed by atoms with Gasteiger partial charge in [-0.2, -0.15) is 0 Å². The Hall–Kier alpha value is -3.06. The Kier molecular flexibility index (Phi) is 4.39. The minimum Gasteiger partial charge on any atom is -0.454 e. The number of benzene rings is 1. The van der Waals surface area contributed by atoms with Crippen molar-refractivity contribution in [2.75, 3.05) is 11.7 Å². The van der Waals surface area contributed by atoms with Gasteiger partial charge in [-0.15, -0.1) is 0 Å². The Morgan fingerprint density at radius 3 is 2.76 bits per heavy atom. The third-order valence-corrected chi connectivity index (χ3v) is 5.72.